The van der Waals surface area contributed by atoms with Crippen molar-refractivity contribution in [2.45, 2.75) is 89.5 Å². The van der Waals surface area contributed by atoms with Gasteiger partial charge in [-0.05, 0) is 36.5 Å². The predicted molar refractivity (Wildman–Crippen MR) is 173 cm³/mol. The lowest BCUT2D eigenvalue weighted by Crippen LogP contribution is -2.48. The summed E-state index contributed by atoms with van der Waals surface area (Å²) in [5.41, 5.74) is 2.28. The van der Waals surface area contributed by atoms with Crippen molar-refractivity contribution in [1.82, 2.24) is 16.0 Å². The number of aryl methyl sites for hydroxylation is 1. The third-order valence-corrected chi connectivity index (χ3v) is 7.20. The zero-order chi connectivity index (χ0) is 33.6. The number of carbonyl (C=O) groups excluding carboxylic acids is 4. The number of aliphatic carboxylic acids is 2. The molecule has 12 nitrogen and oxygen atoms in total. The largest absolute Gasteiger partial charge is 0.481 e. The minimum Gasteiger partial charge on any atom is -0.481 e. The van der Waals surface area contributed by atoms with Crippen molar-refractivity contribution in [2.24, 2.45) is 0 Å². The van der Waals surface area contributed by atoms with Crippen molar-refractivity contribution in [2.75, 3.05) is 18.4 Å². The van der Waals surface area contributed by atoms with Gasteiger partial charge in [-0.15, -0.1) is 0 Å². The van der Waals surface area contributed by atoms with Crippen molar-refractivity contribution in [3.8, 4) is 0 Å². The highest BCUT2D eigenvalue weighted by Crippen LogP contribution is 2.17. The van der Waals surface area contributed by atoms with Crippen LogP contribution in [0.4, 0.5) is 5.69 Å². The summed E-state index contributed by atoms with van der Waals surface area (Å²) in [4.78, 5) is 70.7. The van der Waals surface area contributed by atoms with Gasteiger partial charge in [0.2, 0.25) is 23.6 Å². The molecule has 0 saturated carbocycles. The number of nitrogens with one attached hydrogen (secondary N) is 4. The number of benzene rings is 2. The van der Waals surface area contributed by atoms with Crippen LogP contribution in [0.1, 0.15) is 81.8 Å². The monoisotopic (exact) mass is 638 g/mol. The molecule has 0 heterocycles. The Kier molecular flexibility index (Phi) is 17.8. The Morgan fingerprint density at radius 3 is 1.80 bits per heavy atom. The normalized spacial score (nSPS) is 11.2. The second-order valence-corrected chi connectivity index (χ2v) is 11.1. The van der Waals surface area contributed by atoms with E-state index in [1.54, 1.807) is 12.1 Å². The first kappa shape index (κ1) is 37.4. The summed E-state index contributed by atoms with van der Waals surface area (Å²) in [7, 11) is 0. The first-order valence-electron chi connectivity index (χ1n) is 15.8. The van der Waals surface area contributed by atoms with Crippen LogP contribution in [0.5, 0.6) is 0 Å². The molecule has 0 aliphatic heterocycles. The van der Waals surface area contributed by atoms with Gasteiger partial charge in [-0.1, -0.05) is 74.2 Å². The molecule has 0 aliphatic rings. The first-order valence-corrected chi connectivity index (χ1v) is 15.8. The zero-order valence-corrected chi connectivity index (χ0v) is 26.2. The first-order chi connectivity index (χ1) is 22.1. The van der Waals surface area contributed by atoms with Crippen LogP contribution < -0.4 is 21.3 Å². The van der Waals surface area contributed by atoms with Gasteiger partial charge in [0.25, 0.3) is 0 Å². The molecule has 1 atom stereocenters. The summed E-state index contributed by atoms with van der Waals surface area (Å²) in [6, 6.07) is 15.7. The lowest BCUT2D eigenvalue weighted by atomic mass is 10.0. The molecule has 2 aromatic rings. The molecule has 2 rings (SSSR count). The molecule has 0 bridgehead atoms. The predicted octanol–water partition coefficient (Wildman–Crippen LogP) is 3.59. The van der Waals surface area contributed by atoms with Crippen LogP contribution >= 0.6 is 0 Å². The summed E-state index contributed by atoms with van der Waals surface area (Å²) in [6.07, 6.45) is 5.68. The molecule has 46 heavy (non-hydrogen) atoms. The van der Waals surface area contributed by atoms with Crippen molar-refractivity contribution in [1.29, 1.82) is 0 Å². The second-order valence-electron chi connectivity index (χ2n) is 11.1. The SMILES string of the molecule is O=C(O)CCC(=O)Nc1ccccc1CCC(=O)NCCCCCCCCNC(=O)[C@H](Cc1ccccc1)NC(=O)CCC(=O)O. The number of hydrogen-bond acceptors (Lipinski definition) is 6. The standard InChI is InChI=1S/C34H46N4O8/c39-29(17-16-26-14-8-9-15-27(26)37-30(40)18-20-32(42)43)35-22-10-3-1-2-4-11-23-36-34(46)28(24-25-12-6-5-7-13-25)38-31(41)19-21-33(44)45/h5-9,12-15,28H,1-4,10-11,16-24H2,(H,35,39)(H,36,46)(H,37,40)(H,38,41)(H,42,43)(H,44,45)/t28-/m0/s1. The smallest absolute Gasteiger partial charge is 0.303 e. The van der Waals surface area contributed by atoms with E-state index in [2.05, 4.69) is 21.3 Å². The van der Waals surface area contributed by atoms with Crippen LogP contribution in [-0.4, -0.2) is 64.9 Å². The maximum atomic E-state index is 12.8. The van der Waals surface area contributed by atoms with Gasteiger partial charge in [0.05, 0.1) is 12.8 Å². The van der Waals surface area contributed by atoms with Crippen molar-refractivity contribution >= 4 is 41.3 Å². The van der Waals surface area contributed by atoms with E-state index in [-0.39, 0.29) is 49.8 Å². The van der Waals surface area contributed by atoms with Crippen molar-refractivity contribution in [3.05, 3.63) is 65.7 Å². The van der Waals surface area contributed by atoms with E-state index in [9.17, 15) is 28.8 Å². The molecule has 0 unspecified atom stereocenters. The fraction of sp³-hybridized carbons (Fsp3) is 0.471. The number of carboxylic acids is 2. The van der Waals surface area contributed by atoms with Crippen LogP contribution in [0.15, 0.2) is 54.6 Å². The van der Waals surface area contributed by atoms with E-state index in [0.717, 1.165) is 49.7 Å². The number of anilines is 1. The highest BCUT2D eigenvalue weighted by atomic mass is 16.4. The summed E-state index contributed by atoms with van der Waals surface area (Å²) < 4.78 is 0. The Labute approximate surface area is 269 Å². The minimum atomic E-state index is -1.07. The third-order valence-electron chi connectivity index (χ3n) is 7.20. The quantitative estimate of drug-likeness (QED) is 0.0995. The van der Waals surface area contributed by atoms with E-state index in [1.165, 1.54) is 0 Å². The van der Waals surface area contributed by atoms with E-state index < -0.39 is 23.9 Å². The van der Waals surface area contributed by atoms with Crippen LogP contribution in [-0.2, 0) is 41.6 Å². The Morgan fingerprint density at radius 1 is 0.587 bits per heavy atom. The molecule has 0 spiro atoms. The van der Waals surface area contributed by atoms with Gasteiger partial charge < -0.3 is 31.5 Å². The number of carboxylic acid groups (broad SMARTS) is 2. The molecule has 0 fully saturated rings. The van der Waals surface area contributed by atoms with Gasteiger partial charge in [-0.2, -0.15) is 0 Å². The van der Waals surface area contributed by atoms with Crippen LogP contribution in [0.25, 0.3) is 0 Å². The Bertz CT molecular complexity index is 1280. The summed E-state index contributed by atoms with van der Waals surface area (Å²) in [6.45, 7) is 1.05. The summed E-state index contributed by atoms with van der Waals surface area (Å²) in [5.74, 6) is -3.34. The molecule has 250 valence electrons. The van der Waals surface area contributed by atoms with Gasteiger partial charge in [-0.3, -0.25) is 28.8 Å². The Balaban J connectivity index is 1.58. The van der Waals surface area contributed by atoms with E-state index in [0.29, 0.717) is 31.6 Å². The van der Waals surface area contributed by atoms with Gasteiger partial charge in [-0.25, -0.2) is 0 Å². The average Bonchev–Trinajstić information content (AvgIpc) is 3.03. The Morgan fingerprint density at radius 2 is 1.15 bits per heavy atom. The molecular formula is C34H46N4O8. The van der Waals surface area contributed by atoms with Crippen LogP contribution in [0.3, 0.4) is 0 Å². The molecule has 0 aromatic heterocycles. The lowest BCUT2D eigenvalue weighted by Gasteiger charge is -2.18. The number of rotatable bonds is 23. The zero-order valence-electron chi connectivity index (χ0n) is 26.2. The van der Waals surface area contributed by atoms with Gasteiger partial charge >= 0.3 is 11.9 Å². The van der Waals surface area contributed by atoms with Crippen molar-refractivity contribution < 1.29 is 39.0 Å². The molecule has 12 heteroatoms. The number of para-hydroxylation sites is 1. The molecule has 0 saturated heterocycles. The highest BCUT2D eigenvalue weighted by molar-refractivity contribution is 5.93. The maximum absolute atomic E-state index is 12.8. The second kappa shape index (κ2) is 21.9. The van der Waals surface area contributed by atoms with Gasteiger partial charge in [0.15, 0.2) is 0 Å². The fourth-order valence-corrected chi connectivity index (χ4v) is 4.70. The Hall–Kier alpha value is -4.74. The highest BCUT2D eigenvalue weighted by Gasteiger charge is 2.21. The lowest BCUT2D eigenvalue weighted by molar-refractivity contribution is -0.139. The minimum absolute atomic E-state index is 0.0774. The van der Waals surface area contributed by atoms with E-state index >= 15 is 0 Å². The molecule has 0 aliphatic carbocycles. The van der Waals surface area contributed by atoms with Crippen molar-refractivity contribution in [3.63, 3.8) is 0 Å². The maximum Gasteiger partial charge on any atom is 0.303 e. The number of unbranched alkanes of at least 4 members (excludes halogenated alkanes) is 5. The summed E-state index contributed by atoms with van der Waals surface area (Å²) in [5, 5.41) is 28.8. The van der Waals surface area contributed by atoms with Gasteiger partial charge in [0, 0.05) is 44.5 Å². The van der Waals surface area contributed by atoms with E-state index in [1.807, 2.05) is 42.5 Å². The number of hydrogen-bond donors (Lipinski definition) is 6. The van der Waals surface area contributed by atoms with Crippen LogP contribution in [0.2, 0.25) is 0 Å². The summed E-state index contributed by atoms with van der Waals surface area (Å²) >= 11 is 0. The molecule has 0 radical (unpaired) electrons. The number of amides is 4. The fourth-order valence-electron chi connectivity index (χ4n) is 4.70. The third kappa shape index (κ3) is 16.9. The average molecular weight is 639 g/mol. The van der Waals surface area contributed by atoms with E-state index in [4.69, 9.17) is 10.2 Å². The molecule has 2 aromatic carbocycles. The van der Waals surface area contributed by atoms with Crippen LogP contribution in [0, 0.1) is 0 Å². The molecule has 4 amide bonds. The molecular weight excluding hydrogens is 592 g/mol. The van der Waals surface area contributed by atoms with Gasteiger partial charge in [0.1, 0.15) is 6.04 Å². The molecule has 6 N–H and O–H groups in total. The topological polar surface area (TPSA) is 191 Å². The number of carbonyl (C=O) groups is 6.